The summed E-state index contributed by atoms with van der Waals surface area (Å²) >= 11 is 6.02. The van der Waals surface area contributed by atoms with E-state index >= 15 is 0 Å². The zero-order valence-corrected chi connectivity index (χ0v) is 18.5. The molecule has 0 aliphatic carbocycles. The quantitative estimate of drug-likeness (QED) is 0.407. The molecule has 0 saturated heterocycles. The van der Waals surface area contributed by atoms with Crippen LogP contribution in [-0.2, 0) is 11.2 Å². The molecule has 2 aromatic carbocycles. The molecule has 0 amide bonds. The van der Waals surface area contributed by atoms with Crippen molar-refractivity contribution in [3.05, 3.63) is 93.5 Å². The average Bonchev–Trinajstić information content (AvgIpc) is 3.20. The number of carbonyl (C=O) groups excluding carboxylic acids is 1. The Hall–Kier alpha value is -3.10. The van der Waals surface area contributed by atoms with E-state index in [0.29, 0.717) is 17.5 Å². The second-order valence-corrected chi connectivity index (χ2v) is 7.98. The molecular weight excluding hydrogens is 415 g/mol. The van der Waals surface area contributed by atoms with E-state index in [0.717, 1.165) is 16.8 Å². The summed E-state index contributed by atoms with van der Waals surface area (Å²) in [6.07, 6.45) is 2.38. The van der Waals surface area contributed by atoms with Gasteiger partial charge in [-0.1, -0.05) is 29.8 Å². The Labute approximate surface area is 186 Å². The molecule has 0 radical (unpaired) electrons. The standard InChI is InChI=1S/C25H24ClFN2O2/c1-4-31-25(30)20-11-12-29(16(2)3)24(20)21(19-8-5-17(15-28)6-9-19)13-18-7-10-23(27)22(26)14-18/h5-12,14,16,21H,4,13H2,1-3H3. The highest BCUT2D eigenvalue weighted by atomic mass is 35.5. The lowest BCUT2D eigenvalue weighted by Crippen LogP contribution is -2.17. The van der Waals surface area contributed by atoms with Crippen molar-refractivity contribution < 1.29 is 13.9 Å². The topological polar surface area (TPSA) is 55.0 Å². The molecule has 3 aromatic rings. The van der Waals surface area contributed by atoms with Crippen molar-refractivity contribution in [3.63, 3.8) is 0 Å². The number of aromatic nitrogens is 1. The molecule has 4 nitrogen and oxygen atoms in total. The minimum atomic E-state index is -0.474. The molecule has 0 aliphatic rings. The molecule has 1 unspecified atom stereocenters. The number of hydrogen-bond donors (Lipinski definition) is 0. The Morgan fingerprint density at radius 2 is 1.90 bits per heavy atom. The largest absolute Gasteiger partial charge is 0.462 e. The maximum Gasteiger partial charge on any atom is 0.339 e. The van der Waals surface area contributed by atoms with Crippen LogP contribution >= 0.6 is 11.6 Å². The molecule has 0 spiro atoms. The Morgan fingerprint density at radius 3 is 2.48 bits per heavy atom. The van der Waals surface area contributed by atoms with Gasteiger partial charge >= 0.3 is 5.97 Å². The lowest BCUT2D eigenvalue weighted by atomic mass is 9.86. The van der Waals surface area contributed by atoms with Gasteiger partial charge in [-0.25, -0.2) is 9.18 Å². The fourth-order valence-electron chi connectivity index (χ4n) is 3.72. The van der Waals surface area contributed by atoms with Crippen molar-refractivity contribution in [1.29, 1.82) is 5.26 Å². The maximum absolute atomic E-state index is 13.7. The summed E-state index contributed by atoms with van der Waals surface area (Å²) < 4.78 is 21.1. The number of rotatable bonds is 7. The van der Waals surface area contributed by atoms with E-state index in [1.54, 1.807) is 37.3 Å². The molecular formula is C25H24ClFN2O2. The summed E-state index contributed by atoms with van der Waals surface area (Å²) in [5, 5.41) is 9.23. The Balaban J connectivity index is 2.17. The van der Waals surface area contributed by atoms with Crippen molar-refractivity contribution in [2.24, 2.45) is 0 Å². The Bertz CT molecular complexity index is 1110. The van der Waals surface area contributed by atoms with Crippen molar-refractivity contribution in [2.75, 3.05) is 6.61 Å². The molecule has 1 atom stereocenters. The van der Waals surface area contributed by atoms with Crippen LogP contribution in [-0.4, -0.2) is 17.1 Å². The molecule has 1 heterocycles. The molecule has 1 aromatic heterocycles. The summed E-state index contributed by atoms with van der Waals surface area (Å²) in [6.45, 7) is 6.14. The van der Waals surface area contributed by atoms with Crippen LogP contribution in [0.15, 0.2) is 54.7 Å². The molecule has 31 heavy (non-hydrogen) atoms. The third-order valence-corrected chi connectivity index (χ3v) is 5.49. The number of nitrogens with zero attached hydrogens (tertiary/aromatic N) is 2. The van der Waals surface area contributed by atoms with Crippen molar-refractivity contribution >= 4 is 17.6 Å². The van der Waals surface area contributed by atoms with Crippen LogP contribution in [0.25, 0.3) is 0 Å². The minimum Gasteiger partial charge on any atom is -0.462 e. The second-order valence-electron chi connectivity index (χ2n) is 7.58. The molecule has 0 aliphatic heterocycles. The van der Waals surface area contributed by atoms with Crippen LogP contribution in [0.5, 0.6) is 0 Å². The third kappa shape index (κ3) is 4.98. The Morgan fingerprint density at radius 1 is 1.19 bits per heavy atom. The lowest BCUT2D eigenvalue weighted by molar-refractivity contribution is 0.0524. The van der Waals surface area contributed by atoms with Crippen LogP contribution < -0.4 is 0 Å². The van der Waals surface area contributed by atoms with Crippen LogP contribution in [0.3, 0.4) is 0 Å². The first-order chi connectivity index (χ1) is 14.8. The average molecular weight is 439 g/mol. The molecule has 0 N–H and O–H groups in total. The first kappa shape index (κ1) is 22.6. The Kier molecular flexibility index (Phi) is 7.14. The van der Waals surface area contributed by atoms with Gasteiger partial charge in [-0.2, -0.15) is 5.26 Å². The highest BCUT2D eigenvalue weighted by Crippen LogP contribution is 2.35. The monoisotopic (exact) mass is 438 g/mol. The number of ether oxygens (including phenoxy) is 1. The van der Waals surface area contributed by atoms with E-state index < -0.39 is 5.82 Å². The minimum absolute atomic E-state index is 0.0564. The fraction of sp³-hybridized carbons (Fsp3) is 0.280. The summed E-state index contributed by atoms with van der Waals surface area (Å²) in [7, 11) is 0. The van der Waals surface area contributed by atoms with Gasteiger partial charge in [0.1, 0.15) is 5.82 Å². The van der Waals surface area contributed by atoms with E-state index in [1.807, 2.05) is 32.2 Å². The van der Waals surface area contributed by atoms with Crippen LogP contribution in [0.4, 0.5) is 4.39 Å². The van der Waals surface area contributed by atoms with Gasteiger partial charge in [0.05, 0.1) is 28.8 Å². The second kappa shape index (κ2) is 9.80. The predicted molar refractivity (Wildman–Crippen MR) is 119 cm³/mol. The van der Waals surface area contributed by atoms with Gasteiger partial charge in [-0.05, 0) is 68.7 Å². The number of hydrogen-bond acceptors (Lipinski definition) is 3. The van der Waals surface area contributed by atoms with E-state index in [2.05, 4.69) is 10.6 Å². The zero-order valence-electron chi connectivity index (χ0n) is 17.7. The van der Waals surface area contributed by atoms with Crippen LogP contribution in [0.1, 0.15) is 65.5 Å². The van der Waals surface area contributed by atoms with Gasteiger partial charge in [0.25, 0.3) is 0 Å². The van der Waals surface area contributed by atoms with Gasteiger partial charge in [-0.15, -0.1) is 0 Å². The van der Waals surface area contributed by atoms with Gasteiger partial charge in [-0.3, -0.25) is 0 Å². The van der Waals surface area contributed by atoms with Crippen LogP contribution in [0, 0.1) is 17.1 Å². The summed E-state index contributed by atoms with van der Waals surface area (Å²) in [5.74, 6) is -1.09. The molecule has 160 valence electrons. The zero-order chi connectivity index (χ0) is 22.5. The third-order valence-electron chi connectivity index (χ3n) is 5.20. The van der Waals surface area contributed by atoms with Crippen molar-refractivity contribution in [2.45, 2.75) is 39.2 Å². The first-order valence-corrected chi connectivity index (χ1v) is 10.5. The molecule has 0 bridgehead atoms. The number of benzene rings is 2. The van der Waals surface area contributed by atoms with E-state index in [1.165, 1.54) is 6.07 Å². The van der Waals surface area contributed by atoms with E-state index in [-0.39, 0.29) is 29.6 Å². The highest BCUT2D eigenvalue weighted by Gasteiger charge is 2.27. The normalized spacial score (nSPS) is 11.9. The molecule has 0 fully saturated rings. The van der Waals surface area contributed by atoms with Gasteiger partial charge in [0, 0.05) is 23.9 Å². The van der Waals surface area contributed by atoms with Gasteiger partial charge < -0.3 is 9.30 Å². The van der Waals surface area contributed by atoms with Gasteiger partial charge in [0.15, 0.2) is 0 Å². The predicted octanol–water partition coefficient (Wildman–Crippen LogP) is 6.28. The summed E-state index contributed by atoms with van der Waals surface area (Å²) in [5.41, 5.74) is 3.64. The molecule has 0 saturated carbocycles. The summed E-state index contributed by atoms with van der Waals surface area (Å²) in [4.78, 5) is 12.7. The SMILES string of the molecule is CCOC(=O)c1ccn(C(C)C)c1C(Cc1ccc(F)c(Cl)c1)c1ccc(C#N)cc1. The van der Waals surface area contributed by atoms with Gasteiger partial charge in [0.2, 0.25) is 0 Å². The smallest absolute Gasteiger partial charge is 0.339 e. The highest BCUT2D eigenvalue weighted by molar-refractivity contribution is 6.30. The van der Waals surface area contributed by atoms with Crippen molar-refractivity contribution in [3.8, 4) is 6.07 Å². The molecule has 3 rings (SSSR count). The van der Waals surface area contributed by atoms with E-state index in [4.69, 9.17) is 16.3 Å². The van der Waals surface area contributed by atoms with Crippen LogP contribution in [0.2, 0.25) is 5.02 Å². The number of carbonyl (C=O) groups is 1. The number of esters is 1. The number of nitriles is 1. The maximum atomic E-state index is 13.7. The molecule has 6 heteroatoms. The lowest BCUT2D eigenvalue weighted by Gasteiger charge is -2.24. The summed E-state index contributed by atoms with van der Waals surface area (Å²) in [6, 6.07) is 16.0. The fourth-order valence-corrected chi connectivity index (χ4v) is 3.93. The van der Waals surface area contributed by atoms with E-state index in [9.17, 15) is 14.4 Å². The first-order valence-electron chi connectivity index (χ1n) is 10.2. The number of halogens is 2. The van der Waals surface area contributed by atoms with Crippen molar-refractivity contribution in [1.82, 2.24) is 4.57 Å².